The average Bonchev–Trinajstić information content (AvgIpc) is 2.67. The number of carbonyl (C=O) groups excluding carboxylic acids is 1. The predicted octanol–water partition coefficient (Wildman–Crippen LogP) is 2.69. The van der Waals surface area contributed by atoms with Crippen LogP contribution in [0.5, 0.6) is 0 Å². The predicted molar refractivity (Wildman–Crippen MR) is 99.3 cm³/mol. The molecule has 1 aliphatic heterocycles. The van der Waals surface area contributed by atoms with Gasteiger partial charge in [-0.25, -0.2) is 0 Å². The zero-order valence-electron chi connectivity index (χ0n) is 14.3. The van der Waals surface area contributed by atoms with Crippen molar-refractivity contribution in [2.75, 3.05) is 26.3 Å². The lowest BCUT2D eigenvalue weighted by atomic mass is 9.75. The molecule has 1 heterocycles. The highest BCUT2D eigenvalue weighted by atomic mass is 16.5. The molecule has 4 heteroatoms. The Bertz CT molecular complexity index is 790. The van der Waals surface area contributed by atoms with Crippen molar-refractivity contribution in [3.8, 4) is 0 Å². The molecule has 2 aromatic rings. The van der Waals surface area contributed by atoms with Crippen LogP contribution in [0.2, 0.25) is 0 Å². The van der Waals surface area contributed by atoms with Gasteiger partial charge in [0.05, 0.1) is 19.1 Å². The van der Waals surface area contributed by atoms with E-state index in [-0.39, 0.29) is 17.7 Å². The number of nitrogens with zero attached hydrogens (tertiary/aromatic N) is 1. The lowest BCUT2D eigenvalue weighted by molar-refractivity contribution is -0.121. The molecule has 0 spiro atoms. The smallest absolute Gasteiger partial charge is 0.224 e. The molecule has 1 amide bonds. The van der Waals surface area contributed by atoms with E-state index in [9.17, 15) is 4.79 Å². The molecule has 0 bridgehead atoms. The quantitative estimate of drug-likeness (QED) is 0.877. The van der Waals surface area contributed by atoms with Gasteiger partial charge in [-0.15, -0.1) is 0 Å². The molecule has 130 valence electrons. The van der Waals surface area contributed by atoms with Crippen LogP contribution in [0.15, 0.2) is 54.6 Å². The maximum absolute atomic E-state index is 12.1. The Kier molecular flexibility index (Phi) is 4.55. The van der Waals surface area contributed by atoms with Gasteiger partial charge in [-0.3, -0.25) is 9.69 Å². The highest BCUT2D eigenvalue weighted by molar-refractivity contribution is 5.88. The first kappa shape index (κ1) is 16.3. The monoisotopic (exact) mass is 336 g/mol. The zero-order chi connectivity index (χ0) is 17.2. The summed E-state index contributed by atoms with van der Waals surface area (Å²) in [7, 11) is 0. The summed E-state index contributed by atoms with van der Waals surface area (Å²) in [5.41, 5.74) is 6.97. The number of carbonyl (C=O) groups is 1. The van der Waals surface area contributed by atoms with E-state index in [1.54, 1.807) is 0 Å². The highest BCUT2D eigenvalue weighted by Crippen LogP contribution is 2.39. The van der Waals surface area contributed by atoms with Crippen molar-refractivity contribution >= 4 is 16.7 Å². The molecule has 3 atom stereocenters. The number of benzene rings is 2. The van der Waals surface area contributed by atoms with Crippen LogP contribution in [0.3, 0.4) is 0 Å². The molecule has 2 aromatic carbocycles. The minimum Gasteiger partial charge on any atom is -0.379 e. The Labute approximate surface area is 148 Å². The van der Waals surface area contributed by atoms with Crippen LogP contribution in [-0.4, -0.2) is 43.2 Å². The normalized spacial score (nSPS) is 27.4. The van der Waals surface area contributed by atoms with Gasteiger partial charge in [0, 0.05) is 25.0 Å². The van der Waals surface area contributed by atoms with E-state index in [0.717, 1.165) is 32.7 Å². The van der Waals surface area contributed by atoms with E-state index in [0.29, 0.717) is 6.04 Å². The summed E-state index contributed by atoms with van der Waals surface area (Å²) >= 11 is 0. The zero-order valence-corrected chi connectivity index (χ0v) is 14.3. The van der Waals surface area contributed by atoms with Gasteiger partial charge in [0.1, 0.15) is 0 Å². The molecule has 1 saturated heterocycles. The molecule has 2 N–H and O–H groups in total. The van der Waals surface area contributed by atoms with Crippen LogP contribution in [0.4, 0.5) is 0 Å². The Morgan fingerprint density at radius 2 is 1.80 bits per heavy atom. The van der Waals surface area contributed by atoms with Gasteiger partial charge in [0.15, 0.2) is 0 Å². The Morgan fingerprint density at radius 3 is 2.60 bits per heavy atom. The SMILES string of the molecule is NC(=O)C1C=CC(N2CCOCC2)CC1c1cccc2ccccc12. The summed E-state index contributed by atoms with van der Waals surface area (Å²) in [6.45, 7) is 3.45. The van der Waals surface area contributed by atoms with Gasteiger partial charge in [-0.1, -0.05) is 54.6 Å². The summed E-state index contributed by atoms with van der Waals surface area (Å²) in [6, 6.07) is 15.1. The Morgan fingerprint density at radius 1 is 1.04 bits per heavy atom. The maximum Gasteiger partial charge on any atom is 0.224 e. The molecule has 4 nitrogen and oxygen atoms in total. The second kappa shape index (κ2) is 6.98. The number of fused-ring (bicyclic) bond motifs is 1. The lowest BCUT2D eigenvalue weighted by Crippen LogP contribution is -2.45. The van der Waals surface area contributed by atoms with E-state index in [1.807, 2.05) is 6.08 Å². The van der Waals surface area contributed by atoms with E-state index in [1.165, 1.54) is 16.3 Å². The van der Waals surface area contributed by atoms with Gasteiger partial charge < -0.3 is 10.5 Å². The highest BCUT2D eigenvalue weighted by Gasteiger charge is 2.34. The minimum atomic E-state index is -0.247. The lowest BCUT2D eigenvalue weighted by Gasteiger charge is -2.39. The first-order valence-electron chi connectivity index (χ1n) is 9.01. The summed E-state index contributed by atoms with van der Waals surface area (Å²) < 4.78 is 5.48. The Hall–Kier alpha value is -2.17. The van der Waals surface area contributed by atoms with Crippen LogP contribution < -0.4 is 5.73 Å². The summed E-state index contributed by atoms with van der Waals surface area (Å²) in [4.78, 5) is 14.5. The molecule has 2 aliphatic rings. The molecule has 25 heavy (non-hydrogen) atoms. The second-order valence-electron chi connectivity index (χ2n) is 6.94. The number of morpholine rings is 1. The van der Waals surface area contributed by atoms with Crippen LogP contribution in [0.25, 0.3) is 10.8 Å². The topological polar surface area (TPSA) is 55.6 Å². The number of rotatable bonds is 3. The van der Waals surface area contributed by atoms with Crippen molar-refractivity contribution in [2.24, 2.45) is 11.7 Å². The molecule has 1 aliphatic carbocycles. The van der Waals surface area contributed by atoms with E-state index < -0.39 is 0 Å². The summed E-state index contributed by atoms with van der Waals surface area (Å²) in [5, 5.41) is 2.43. The fourth-order valence-electron chi connectivity index (χ4n) is 4.23. The van der Waals surface area contributed by atoms with Crippen molar-refractivity contribution < 1.29 is 9.53 Å². The number of primary amides is 1. The van der Waals surface area contributed by atoms with Gasteiger partial charge >= 0.3 is 0 Å². The van der Waals surface area contributed by atoms with Crippen LogP contribution in [0, 0.1) is 5.92 Å². The first-order valence-corrected chi connectivity index (χ1v) is 9.01. The fourth-order valence-corrected chi connectivity index (χ4v) is 4.23. The van der Waals surface area contributed by atoms with Gasteiger partial charge in [0.25, 0.3) is 0 Å². The fraction of sp³-hybridized carbons (Fsp3) is 0.381. The minimum absolute atomic E-state index is 0.112. The van der Waals surface area contributed by atoms with Gasteiger partial charge in [0.2, 0.25) is 5.91 Å². The molecule has 1 fully saturated rings. The third kappa shape index (κ3) is 3.20. The van der Waals surface area contributed by atoms with Crippen molar-refractivity contribution in [3.05, 3.63) is 60.2 Å². The standard InChI is InChI=1S/C21H24N2O2/c22-21(24)19-9-8-16(23-10-12-25-13-11-23)14-20(19)18-7-3-5-15-4-1-2-6-17(15)18/h1-9,16,19-20H,10-14H2,(H2,22,24). The summed E-state index contributed by atoms with van der Waals surface area (Å²) in [5.74, 6) is -0.376. The molecule has 4 rings (SSSR count). The molecular formula is C21H24N2O2. The van der Waals surface area contributed by atoms with Crippen LogP contribution in [-0.2, 0) is 9.53 Å². The van der Waals surface area contributed by atoms with E-state index >= 15 is 0 Å². The van der Waals surface area contributed by atoms with Gasteiger partial charge in [-0.2, -0.15) is 0 Å². The third-order valence-electron chi connectivity index (χ3n) is 5.54. The van der Waals surface area contributed by atoms with Crippen LogP contribution >= 0.6 is 0 Å². The van der Waals surface area contributed by atoms with Gasteiger partial charge in [-0.05, 0) is 22.8 Å². The average molecular weight is 336 g/mol. The van der Waals surface area contributed by atoms with Crippen molar-refractivity contribution in [3.63, 3.8) is 0 Å². The Balaban J connectivity index is 1.71. The van der Waals surface area contributed by atoms with Crippen LogP contribution in [0.1, 0.15) is 17.9 Å². The first-order chi connectivity index (χ1) is 12.2. The third-order valence-corrected chi connectivity index (χ3v) is 5.54. The number of nitrogens with two attached hydrogens (primary N) is 1. The van der Waals surface area contributed by atoms with Crippen molar-refractivity contribution in [1.82, 2.24) is 4.90 Å². The molecule has 0 saturated carbocycles. The maximum atomic E-state index is 12.1. The number of hydrogen-bond acceptors (Lipinski definition) is 3. The van der Waals surface area contributed by atoms with Crippen molar-refractivity contribution in [2.45, 2.75) is 18.4 Å². The van der Waals surface area contributed by atoms with E-state index in [4.69, 9.17) is 10.5 Å². The van der Waals surface area contributed by atoms with E-state index in [2.05, 4.69) is 53.4 Å². The number of hydrogen-bond donors (Lipinski definition) is 1. The number of ether oxygens (including phenoxy) is 1. The largest absolute Gasteiger partial charge is 0.379 e. The molecule has 3 unspecified atom stereocenters. The molecule has 0 aromatic heterocycles. The van der Waals surface area contributed by atoms with Crippen molar-refractivity contribution in [1.29, 1.82) is 0 Å². The molecular weight excluding hydrogens is 312 g/mol. The number of amides is 1. The summed E-state index contributed by atoms with van der Waals surface area (Å²) in [6.07, 6.45) is 5.11. The molecule has 0 radical (unpaired) electrons. The second-order valence-corrected chi connectivity index (χ2v) is 6.94.